The summed E-state index contributed by atoms with van der Waals surface area (Å²) >= 11 is 5.79. The Balaban J connectivity index is 1.53. The fourth-order valence-electron chi connectivity index (χ4n) is 3.40. The van der Waals surface area contributed by atoms with Crippen molar-refractivity contribution >= 4 is 29.2 Å². The smallest absolute Gasteiger partial charge is 0.339 e. The normalized spacial score (nSPS) is 14.5. The van der Waals surface area contributed by atoms with Crippen LogP contribution in [0.1, 0.15) is 39.1 Å². The lowest BCUT2D eigenvalue weighted by atomic mass is 10.0. The first-order chi connectivity index (χ1) is 14.7. The lowest BCUT2D eigenvalue weighted by molar-refractivity contribution is -0.138. The Kier molecular flexibility index (Phi) is 7.00. The number of rotatable bonds is 5. The van der Waals surface area contributed by atoms with E-state index in [1.807, 2.05) is 0 Å². The molecule has 2 aromatic rings. The molecule has 0 spiro atoms. The SMILES string of the molecule is O=C(CCC(=O)N1CCN(C(=O)c2ccccc2C(F)(F)F)CC1)c1ccc(Cl)cc1. The highest BCUT2D eigenvalue weighted by molar-refractivity contribution is 6.30. The van der Waals surface area contributed by atoms with Crippen LogP contribution in [-0.2, 0) is 11.0 Å². The molecule has 0 N–H and O–H groups in total. The van der Waals surface area contributed by atoms with Gasteiger partial charge in [-0.15, -0.1) is 0 Å². The van der Waals surface area contributed by atoms with Gasteiger partial charge in [0, 0.05) is 49.6 Å². The van der Waals surface area contributed by atoms with Gasteiger partial charge < -0.3 is 9.80 Å². The van der Waals surface area contributed by atoms with Gasteiger partial charge in [-0.3, -0.25) is 14.4 Å². The van der Waals surface area contributed by atoms with Gasteiger partial charge in [-0.25, -0.2) is 0 Å². The number of amides is 2. The predicted molar refractivity (Wildman–Crippen MR) is 109 cm³/mol. The highest BCUT2D eigenvalue weighted by Crippen LogP contribution is 2.32. The lowest BCUT2D eigenvalue weighted by Gasteiger charge is -2.35. The second kappa shape index (κ2) is 9.51. The van der Waals surface area contributed by atoms with Crippen molar-refractivity contribution < 1.29 is 27.6 Å². The predicted octanol–water partition coefficient (Wildman–Crippen LogP) is 4.31. The second-order valence-corrected chi connectivity index (χ2v) is 7.58. The van der Waals surface area contributed by atoms with Crippen LogP contribution in [0.25, 0.3) is 0 Å². The average Bonchev–Trinajstić information content (AvgIpc) is 2.76. The number of hydrogen-bond donors (Lipinski definition) is 0. The fraction of sp³-hybridized carbons (Fsp3) is 0.318. The zero-order chi connectivity index (χ0) is 22.6. The molecule has 1 aliphatic rings. The van der Waals surface area contributed by atoms with E-state index in [0.29, 0.717) is 10.6 Å². The lowest BCUT2D eigenvalue weighted by Crippen LogP contribution is -2.50. The monoisotopic (exact) mass is 452 g/mol. The molecule has 3 rings (SSSR count). The van der Waals surface area contributed by atoms with Gasteiger partial charge in [0.1, 0.15) is 0 Å². The van der Waals surface area contributed by atoms with Gasteiger partial charge in [-0.1, -0.05) is 23.7 Å². The van der Waals surface area contributed by atoms with Crippen LogP contribution in [-0.4, -0.2) is 53.6 Å². The summed E-state index contributed by atoms with van der Waals surface area (Å²) in [4.78, 5) is 40.1. The number of alkyl halides is 3. The first-order valence-corrected chi connectivity index (χ1v) is 10.1. The van der Waals surface area contributed by atoms with Gasteiger partial charge in [0.15, 0.2) is 5.78 Å². The third-order valence-corrected chi connectivity index (χ3v) is 5.37. The number of benzene rings is 2. The fourth-order valence-corrected chi connectivity index (χ4v) is 3.53. The minimum absolute atomic E-state index is 0.0202. The highest BCUT2D eigenvalue weighted by Gasteiger charge is 2.36. The molecule has 9 heteroatoms. The van der Waals surface area contributed by atoms with Crippen molar-refractivity contribution in [1.82, 2.24) is 9.80 Å². The zero-order valence-electron chi connectivity index (χ0n) is 16.5. The van der Waals surface area contributed by atoms with Gasteiger partial charge in [-0.2, -0.15) is 13.2 Å². The molecule has 0 aliphatic carbocycles. The van der Waals surface area contributed by atoms with Gasteiger partial charge in [0.25, 0.3) is 5.91 Å². The number of hydrogen-bond acceptors (Lipinski definition) is 3. The molecule has 0 saturated carbocycles. The van der Waals surface area contributed by atoms with E-state index in [0.717, 1.165) is 12.1 Å². The quantitative estimate of drug-likeness (QED) is 0.635. The van der Waals surface area contributed by atoms with Crippen LogP contribution in [0.15, 0.2) is 48.5 Å². The molecule has 0 bridgehead atoms. The van der Waals surface area contributed by atoms with E-state index in [9.17, 15) is 27.6 Å². The Hall–Kier alpha value is -2.87. The van der Waals surface area contributed by atoms with E-state index < -0.39 is 23.2 Å². The van der Waals surface area contributed by atoms with E-state index in [-0.39, 0.29) is 50.7 Å². The summed E-state index contributed by atoms with van der Waals surface area (Å²) in [6.45, 7) is 0.658. The van der Waals surface area contributed by atoms with E-state index in [2.05, 4.69) is 0 Å². The topological polar surface area (TPSA) is 57.7 Å². The molecule has 1 aliphatic heterocycles. The first-order valence-electron chi connectivity index (χ1n) is 9.69. The Labute approximate surface area is 182 Å². The standard InChI is InChI=1S/C22H20ClF3N2O3/c23-16-7-5-15(6-8-16)19(29)9-10-20(30)27-11-13-28(14-12-27)21(31)17-3-1-2-4-18(17)22(24,25)26/h1-8H,9-14H2. The van der Waals surface area contributed by atoms with Crippen LogP contribution < -0.4 is 0 Å². The number of carbonyl (C=O) groups excluding carboxylic acids is 3. The molecular formula is C22H20ClF3N2O3. The van der Waals surface area contributed by atoms with Gasteiger partial charge >= 0.3 is 6.18 Å². The molecule has 5 nitrogen and oxygen atoms in total. The molecule has 2 amide bonds. The highest BCUT2D eigenvalue weighted by atomic mass is 35.5. The summed E-state index contributed by atoms with van der Waals surface area (Å²) in [5.74, 6) is -1.12. The molecule has 0 atom stereocenters. The Bertz CT molecular complexity index is 969. The zero-order valence-corrected chi connectivity index (χ0v) is 17.2. The van der Waals surface area contributed by atoms with Crippen molar-refractivity contribution in [3.05, 3.63) is 70.2 Å². The first kappa shape index (κ1) is 22.8. The maximum atomic E-state index is 13.2. The molecule has 0 radical (unpaired) electrons. The number of piperazine rings is 1. The molecule has 2 aromatic carbocycles. The van der Waals surface area contributed by atoms with Crippen molar-refractivity contribution in [2.75, 3.05) is 26.2 Å². The Morgan fingerprint density at radius 3 is 2.03 bits per heavy atom. The minimum atomic E-state index is -4.62. The van der Waals surface area contributed by atoms with Crippen LogP contribution in [0.2, 0.25) is 5.02 Å². The number of Topliss-reactive ketones (excluding diaryl/α,β-unsaturated/α-hetero) is 1. The third-order valence-electron chi connectivity index (χ3n) is 5.11. The van der Waals surface area contributed by atoms with Crippen molar-refractivity contribution in [2.45, 2.75) is 19.0 Å². The molecule has 1 saturated heterocycles. The molecule has 31 heavy (non-hydrogen) atoms. The summed E-state index contributed by atoms with van der Waals surface area (Å²) in [5.41, 5.74) is -0.904. The largest absolute Gasteiger partial charge is 0.417 e. The number of carbonyl (C=O) groups is 3. The van der Waals surface area contributed by atoms with Crippen LogP contribution in [0, 0.1) is 0 Å². The van der Waals surface area contributed by atoms with Crippen LogP contribution in [0.4, 0.5) is 13.2 Å². The van der Waals surface area contributed by atoms with E-state index >= 15 is 0 Å². The Morgan fingerprint density at radius 1 is 0.839 bits per heavy atom. The van der Waals surface area contributed by atoms with Crippen molar-refractivity contribution in [2.24, 2.45) is 0 Å². The second-order valence-electron chi connectivity index (χ2n) is 7.15. The summed E-state index contributed by atoms with van der Waals surface area (Å²) in [7, 11) is 0. The third kappa shape index (κ3) is 5.64. The summed E-state index contributed by atoms with van der Waals surface area (Å²) in [5, 5.41) is 0.512. The summed E-state index contributed by atoms with van der Waals surface area (Å²) < 4.78 is 39.5. The molecule has 0 unspecified atom stereocenters. The van der Waals surface area contributed by atoms with Gasteiger partial charge in [0.2, 0.25) is 5.91 Å². The maximum absolute atomic E-state index is 13.2. The summed E-state index contributed by atoms with van der Waals surface area (Å²) in [6.07, 6.45) is -4.56. The van der Waals surface area contributed by atoms with Gasteiger partial charge in [0.05, 0.1) is 11.1 Å². The average molecular weight is 453 g/mol. The van der Waals surface area contributed by atoms with Crippen molar-refractivity contribution in [3.8, 4) is 0 Å². The van der Waals surface area contributed by atoms with Crippen LogP contribution in [0.5, 0.6) is 0 Å². The Morgan fingerprint density at radius 2 is 1.42 bits per heavy atom. The van der Waals surface area contributed by atoms with Crippen LogP contribution in [0.3, 0.4) is 0 Å². The van der Waals surface area contributed by atoms with Crippen molar-refractivity contribution in [3.63, 3.8) is 0 Å². The van der Waals surface area contributed by atoms with Crippen LogP contribution >= 0.6 is 11.6 Å². The van der Waals surface area contributed by atoms with E-state index in [1.54, 1.807) is 24.3 Å². The summed E-state index contributed by atoms with van der Waals surface area (Å²) in [6, 6.07) is 11.1. The van der Waals surface area contributed by atoms with E-state index in [4.69, 9.17) is 11.6 Å². The molecular weight excluding hydrogens is 433 g/mol. The molecule has 0 aromatic heterocycles. The molecule has 1 fully saturated rings. The van der Waals surface area contributed by atoms with E-state index in [1.165, 1.54) is 21.9 Å². The molecule has 164 valence electrons. The minimum Gasteiger partial charge on any atom is -0.339 e. The number of nitrogens with zero attached hydrogens (tertiary/aromatic N) is 2. The van der Waals surface area contributed by atoms with Crippen molar-refractivity contribution in [1.29, 1.82) is 0 Å². The van der Waals surface area contributed by atoms with Gasteiger partial charge in [-0.05, 0) is 36.4 Å². The molecule has 1 heterocycles. The number of ketones is 1. The maximum Gasteiger partial charge on any atom is 0.417 e. The number of halogens is 4.